The van der Waals surface area contributed by atoms with Gasteiger partial charge in [-0.2, -0.15) is 5.10 Å². The van der Waals surface area contributed by atoms with Gasteiger partial charge >= 0.3 is 0 Å². The van der Waals surface area contributed by atoms with Gasteiger partial charge in [0.05, 0.1) is 9.90 Å². The normalized spacial score (nSPS) is 20.8. The number of rotatable bonds is 4. The molecule has 2 aromatic heterocycles. The maximum atomic E-state index is 13.0. The van der Waals surface area contributed by atoms with Crippen molar-refractivity contribution in [3.8, 4) is 0 Å². The van der Waals surface area contributed by atoms with Crippen LogP contribution in [-0.2, 0) is 10.0 Å². The van der Waals surface area contributed by atoms with Crippen LogP contribution in [0, 0.1) is 4.77 Å². The first-order chi connectivity index (χ1) is 12.8. The molecule has 12 heteroatoms. The number of likely N-dealkylation sites (tertiary alicyclic amines) is 1. The van der Waals surface area contributed by atoms with Gasteiger partial charge in [-0.25, -0.2) is 13.6 Å². The molecule has 1 atom stereocenters. The Hall–Kier alpha value is -1.27. The summed E-state index contributed by atoms with van der Waals surface area (Å²) in [6, 6.07) is 1.76. The molecule has 146 valence electrons. The van der Waals surface area contributed by atoms with Gasteiger partial charge in [-0.3, -0.25) is 9.89 Å². The first kappa shape index (κ1) is 19.1. The number of thiophene rings is 1. The van der Waals surface area contributed by atoms with E-state index in [0.717, 1.165) is 42.8 Å². The number of piperidine rings is 1. The molecule has 1 saturated heterocycles. The number of nitrogens with one attached hydrogen (secondary N) is 1. The summed E-state index contributed by atoms with van der Waals surface area (Å²) >= 11 is 12.1. The van der Waals surface area contributed by atoms with Crippen LogP contribution in [0.1, 0.15) is 53.8 Å². The standard InChI is InChI=1S/C15H18ClN5O3S3/c16-11-6-10(14(26-11)27(17,23)24)13(22)20-5-1-2-8(7-20)12-18-19-15(25)21(12)9-3-4-9/h6,8-9H,1-5,7H2,(H,19,25)(H2,17,23,24)/t8-/m1/s1. The molecule has 8 nitrogen and oxygen atoms in total. The number of sulfonamides is 1. The van der Waals surface area contributed by atoms with Gasteiger partial charge in [0.2, 0.25) is 10.0 Å². The van der Waals surface area contributed by atoms with E-state index in [1.807, 2.05) is 0 Å². The third kappa shape index (κ3) is 3.70. The predicted molar refractivity (Wildman–Crippen MR) is 104 cm³/mol. The third-order valence-electron chi connectivity index (χ3n) is 4.87. The fraction of sp³-hybridized carbons (Fsp3) is 0.533. The quantitative estimate of drug-likeness (QED) is 0.699. The van der Waals surface area contributed by atoms with Crippen molar-refractivity contribution in [2.24, 2.45) is 5.14 Å². The molecule has 1 amide bonds. The smallest absolute Gasteiger partial charge is 0.256 e. The second-order valence-corrected chi connectivity index (χ2v) is 10.7. The Morgan fingerprint density at radius 1 is 1.41 bits per heavy atom. The molecule has 4 rings (SSSR count). The molecule has 2 fully saturated rings. The number of nitrogens with two attached hydrogens (primary N) is 1. The minimum absolute atomic E-state index is 0.0363. The van der Waals surface area contributed by atoms with Crippen LogP contribution < -0.4 is 5.14 Å². The number of aromatic nitrogens is 3. The van der Waals surface area contributed by atoms with E-state index in [0.29, 0.717) is 23.9 Å². The number of carbonyl (C=O) groups excluding carboxylic acids is 1. The summed E-state index contributed by atoms with van der Waals surface area (Å²) in [5.74, 6) is 0.539. The molecule has 2 aromatic rings. The minimum atomic E-state index is -4.02. The molecular weight excluding hydrogens is 430 g/mol. The highest BCUT2D eigenvalue weighted by Crippen LogP contribution is 2.39. The SMILES string of the molecule is NS(=O)(=O)c1sc(Cl)cc1C(=O)N1CCC[C@@H](c2n[nH]c(=S)n2C2CC2)C1. The Labute approximate surface area is 170 Å². The molecule has 3 heterocycles. The van der Waals surface area contributed by atoms with Crippen LogP contribution in [0.25, 0.3) is 0 Å². The van der Waals surface area contributed by atoms with E-state index < -0.39 is 10.0 Å². The number of hydrogen-bond donors (Lipinski definition) is 2. The van der Waals surface area contributed by atoms with E-state index in [9.17, 15) is 13.2 Å². The molecule has 0 spiro atoms. The average Bonchev–Trinajstić information content (AvgIpc) is 3.25. The van der Waals surface area contributed by atoms with Gasteiger partial charge in [0.1, 0.15) is 10.0 Å². The van der Waals surface area contributed by atoms with Crippen LogP contribution in [0.3, 0.4) is 0 Å². The van der Waals surface area contributed by atoms with E-state index in [2.05, 4.69) is 14.8 Å². The first-order valence-corrected chi connectivity index (χ1v) is 11.7. The van der Waals surface area contributed by atoms with Crippen LogP contribution in [0.2, 0.25) is 4.34 Å². The number of aromatic amines is 1. The Morgan fingerprint density at radius 3 is 2.81 bits per heavy atom. The highest BCUT2D eigenvalue weighted by atomic mass is 35.5. The molecule has 0 aromatic carbocycles. The molecular formula is C15H18ClN5O3S3. The zero-order valence-electron chi connectivity index (χ0n) is 14.2. The Balaban J connectivity index is 1.61. The average molecular weight is 448 g/mol. The van der Waals surface area contributed by atoms with E-state index in [1.165, 1.54) is 6.07 Å². The molecule has 1 aliphatic carbocycles. The zero-order valence-corrected chi connectivity index (χ0v) is 17.4. The summed E-state index contributed by atoms with van der Waals surface area (Å²) in [6.45, 7) is 0.990. The number of amides is 1. The molecule has 3 N–H and O–H groups in total. The van der Waals surface area contributed by atoms with E-state index >= 15 is 0 Å². The Bertz CT molecular complexity index is 1050. The lowest BCUT2D eigenvalue weighted by atomic mass is 9.96. The molecule has 1 saturated carbocycles. The van der Waals surface area contributed by atoms with Gasteiger partial charge in [-0.05, 0) is 44.0 Å². The van der Waals surface area contributed by atoms with E-state index in [-0.39, 0.29) is 25.9 Å². The van der Waals surface area contributed by atoms with Crippen LogP contribution in [0.5, 0.6) is 0 Å². The summed E-state index contributed by atoms with van der Waals surface area (Å²) in [6.07, 6.45) is 3.86. The number of carbonyl (C=O) groups is 1. The first-order valence-electron chi connectivity index (χ1n) is 8.54. The number of halogens is 1. The summed E-state index contributed by atoms with van der Waals surface area (Å²) in [4.78, 5) is 14.6. The van der Waals surface area contributed by atoms with Crippen molar-refractivity contribution in [2.45, 2.75) is 41.9 Å². The van der Waals surface area contributed by atoms with Crippen molar-refractivity contribution in [1.82, 2.24) is 19.7 Å². The number of hydrogen-bond acceptors (Lipinski definition) is 6. The predicted octanol–water partition coefficient (Wildman–Crippen LogP) is 2.66. The van der Waals surface area contributed by atoms with Crippen molar-refractivity contribution < 1.29 is 13.2 Å². The summed E-state index contributed by atoms with van der Waals surface area (Å²) in [5.41, 5.74) is 0.0363. The van der Waals surface area contributed by atoms with Crippen molar-refractivity contribution in [1.29, 1.82) is 0 Å². The van der Waals surface area contributed by atoms with E-state index in [4.69, 9.17) is 29.0 Å². The van der Waals surface area contributed by atoms with E-state index in [1.54, 1.807) is 4.90 Å². The van der Waals surface area contributed by atoms with Crippen molar-refractivity contribution >= 4 is 51.1 Å². The lowest BCUT2D eigenvalue weighted by molar-refractivity contribution is 0.0700. The van der Waals surface area contributed by atoms with Gasteiger partial charge in [-0.1, -0.05) is 11.6 Å². The maximum absolute atomic E-state index is 13.0. The fourth-order valence-electron chi connectivity index (χ4n) is 3.54. The van der Waals surface area contributed by atoms with Crippen LogP contribution >= 0.6 is 35.2 Å². The minimum Gasteiger partial charge on any atom is -0.338 e. The van der Waals surface area contributed by atoms with Crippen molar-refractivity contribution in [3.63, 3.8) is 0 Å². The highest BCUT2D eigenvalue weighted by molar-refractivity contribution is 7.91. The topological polar surface area (TPSA) is 114 Å². The molecule has 0 radical (unpaired) electrons. The molecule has 0 unspecified atom stereocenters. The monoisotopic (exact) mass is 447 g/mol. The Morgan fingerprint density at radius 2 is 2.15 bits per heavy atom. The van der Waals surface area contributed by atoms with Crippen LogP contribution in [0.4, 0.5) is 0 Å². The number of H-pyrrole nitrogens is 1. The number of primary sulfonamides is 1. The van der Waals surface area contributed by atoms with Crippen molar-refractivity contribution in [3.05, 3.63) is 26.6 Å². The lowest BCUT2D eigenvalue weighted by Crippen LogP contribution is -2.40. The zero-order chi connectivity index (χ0) is 19.3. The molecule has 27 heavy (non-hydrogen) atoms. The van der Waals surface area contributed by atoms with Gasteiger partial charge in [0.25, 0.3) is 5.91 Å². The van der Waals surface area contributed by atoms with Crippen LogP contribution in [0.15, 0.2) is 10.3 Å². The summed E-state index contributed by atoms with van der Waals surface area (Å²) in [5, 5.41) is 12.5. The molecule has 0 bridgehead atoms. The summed E-state index contributed by atoms with van der Waals surface area (Å²) in [7, 11) is -4.02. The molecule has 1 aliphatic heterocycles. The van der Waals surface area contributed by atoms with Gasteiger partial charge in [0, 0.05) is 25.0 Å². The third-order valence-corrected chi connectivity index (χ3v) is 7.90. The highest BCUT2D eigenvalue weighted by Gasteiger charge is 2.35. The van der Waals surface area contributed by atoms with Gasteiger partial charge in [-0.15, -0.1) is 11.3 Å². The second kappa shape index (κ2) is 6.96. The van der Waals surface area contributed by atoms with Gasteiger partial charge < -0.3 is 9.47 Å². The molecule has 2 aliphatic rings. The fourth-order valence-corrected chi connectivity index (χ4v) is 6.10. The van der Waals surface area contributed by atoms with Crippen molar-refractivity contribution in [2.75, 3.05) is 13.1 Å². The largest absolute Gasteiger partial charge is 0.338 e. The van der Waals surface area contributed by atoms with Crippen LogP contribution in [-0.4, -0.2) is 47.1 Å². The Kier molecular flexibility index (Phi) is 4.91. The maximum Gasteiger partial charge on any atom is 0.256 e. The number of nitrogens with zero attached hydrogens (tertiary/aromatic N) is 3. The summed E-state index contributed by atoms with van der Waals surface area (Å²) < 4.78 is 26.3. The second-order valence-electron chi connectivity index (χ2n) is 6.88. The lowest BCUT2D eigenvalue weighted by Gasteiger charge is -2.32. The van der Waals surface area contributed by atoms with Gasteiger partial charge in [0.15, 0.2) is 4.77 Å².